The molecule has 0 spiro atoms. The molecular formula is C20H25N3O6S. The van der Waals surface area contributed by atoms with Crippen LogP contribution in [-0.4, -0.2) is 56.0 Å². The Hall–Kier alpha value is -2.59. The van der Waals surface area contributed by atoms with E-state index >= 15 is 0 Å². The van der Waals surface area contributed by atoms with Gasteiger partial charge >= 0.3 is 0 Å². The number of nitrogens with one attached hydrogen (secondary N) is 2. The molecule has 1 amide bonds. The summed E-state index contributed by atoms with van der Waals surface area (Å²) in [6.45, 7) is 1.24. The first-order valence-corrected chi connectivity index (χ1v) is 10.8. The van der Waals surface area contributed by atoms with Gasteiger partial charge in [-0.2, -0.15) is 0 Å². The SMILES string of the molecule is COc1cc(OC)c(C2SCC(=O)Nc3c2c(=O)[nH]n3C2CCOCC2)cc1OC. The molecule has 0 aliphatic carbocycles. The number of methoxy groups -OCH3 is 3. The van der Waals surface area contributed by atoms with E-state index in [1.807, 2.05) is 0 Å². The minimum atomic E-state index is -0.418. The molecule has 30 heavy (non-hydrogen) atoms. The predicted molar refractivity (Wildman–Crippen MR) is 113 cm³/mol. The number of thioether (sulfide) groups is 1. The molecule has 1 saturated heterocycles. The smallest absolute Gasteiger partial charge is 0.270 e. The standard InChI is InChI=1S/C20H25N3O6S/c1-26-13-9-15(28-3)14(27-2)8-12(13)18-17-19(21-16(24)10-30-18)23(22-20(17)25)11-4-6-29-7-5-11/h8-9,11,18H,4-7,10H2,1-3H3,(H,21,24)(H,22,25). The van der Waals surface area contributed by atoms with E-state index in [-0.39, 0.29) is 23.3 Å². The molecule has 4 rings (SSSR count). The summed E-state index contributed by atoms with van der Waals surface area (Å²) >= 11 is 1.38. The lowest BCUT2D eigenvalue weighted by molar-refractivity contribution is -0.113. The number of carbonyl (C=O) groups is 1. The minimum Gasteiger partial charge on any atom is -0.496 e. The second-order valence-electron chi connectivity index (χ2n) is 7.11. The zero-order valence-electron chi connectivity index (χ0n) is 17.1. The summed E-state index contributed by atoms with van der Waals surface area (Å²) in [5, 5.41) is 5.46. The van der Waals surface area contributed by atoms with Gasteiger partial charge in [-0.25, -0.2) is 0 Å². The van der Waals surface area contributed by atoms with Crippen molar-refractivity contribution in [2.75, 3.05) is 45.6 Å². The van der Waals surface area contributed by atoms with E-state index in [0.717, 1.165) is 18.4 Å². The van der Waals surface area contributed by atoms with Crippen molar-refractivity contribution in [2.24, 2.45) is 0 Å². The van der Waals surface area contributed by atoms with Crippen molar-refractivity contribution in [3.8, 4) is 17.2 Å². The molecule has 1 fully saturated rings. The second kappa shape index (κ2) is 8.65. The van der Waals surface area contributed by atoms with Crippen molar-refractivity contribution < 1.29 is 23.7 Å². The average Bonchev–Trinajstić information content (AvgIpc) is 2.98. The predicted octanol–water partition coefficient (Wildman–Crippen LogP) is 2.33. The molecule has 0 saturated carbocycles. The summed E-state index contributed by atoms with van der Waals surface area (Å²) in [5.41, 5.74) is 1.02. The number of ether oxygens (including phenoxy) is 4. The Morgan fingerprint density at radius 2 is 1.70 bits per heavy atom. The molecule has 10 heteroatoms. The maximum absolute atomic E-state index is 13.1. The Bertz CT molecular complexity index is 995. The number of carbonyl (C=O) groups excluding carboxylic acids is 1. The van der Waals surface area contributed by atoms with Gasteiger partial charge in [-0.1, -0.05) is 0 Å². The van der Waals surface area contributed by atoms with E-state index in [1.54, 1.807) is 38.1 Å². The van der Waals surface area contributed by atoms with E-state index < -0.39 is 5.25 Å². The van der Waals surface area contributed by atoms with Crippen molar-refractivity contribution in [3.05, 3.63) is 33.6 Å². The first-order valence-electron chi connectivity index (χ1n) is 9.70. The van der Waals surface area contributed by atoms with Gasteiger partial charge in [-0.05, 0) is 18.9 Å². The summed E-state index contributed by atoms with van der Waals surface area (Å²) < 4.78 is 23.7. The molecule has 2 aliphatic rings. The summed E-state index contributed by atoms with van der Waals surface area (Å²) in [6, 6.07) is 3.60. The van der Waals surface area contributed by atoms with Crippen LogP contribution in [0.1, 0.15) is 35.3 Å². The zero-order chi connectivity index (χ0) is 21.3. The van der Waals surface area contributed by atoms with Crippen LogP contribution in [0, 0.1) is 0 Å². The van der Waals surface area contributed by atoms with Crippen molar-refractivity contribution in [3.63, 3.8) is 0 Å². The molecule has 2 aromatic rings. The number of benzene rings is 1. The van der Waals surface area contributed by atoms with Crippen molar-refractivity contribution in [2.45, 2.75) is 24.1 Å². The number of H-pyrrole nitrogens is 1. The van der Waals surface area contributed by atoms with Crippen LogP contribution < -0.4 is 25.1 Å². The maximum atomic E-state index is 13.1. The fourth-order valence-corrected chi connectivity index (χ4v) is 5.10. The van der Waals surface area contributed by atoms with Gasteiger partial charge in [0.2, 0.25) is 5.91 Å². The molecule has 2 N–H and O–H groups in total. The van der Waals surface area contributed by atoms with E-state index in [1.165, 1.54) is 11.8 Å². The number of fused-ring (bicyclic) bond motifs is 1. The van der Waals surface area contributed by atoms with Gasteiger partial charge in [0.15, 0.2) is 11.5 Å². The molecule has 2 aliphatic heterocycles. The summed E-state index contributed by atoms with van der Waals surface area (Å²) in [4.78, 5) is 25.6. The number of amides is 1. The average molecular weight is 436 g/mol. The summed E-state index contributed by atoms with van der Waals surface area (Å²) in [7, 11) is 4.67. The van der Waals surface area contributed by atoms with Crippen LogP contribution in [0.4, 0.5) is 5.82 Å². The maximum Gasteiger partial charge on any atom is 0.270 e. The van der Waals surface area contributed by atoms with Crippen molar-refractivity contribution in [1.29, 1.82) is 0 Å². The first kappa shape index (κ1) is 20.7. The van der Waals surface area contributed by atoms with Crippen LogP contribution in [0.25, 0.3) is 0 Å². The largest absolute Gasteiger partial charge is 0.496 e. The summed E-state index contributed by atoms with van der Waals surface area (Å²) in [5.74, 6) is 2.19. The second-order valence-corrected chi connectivity index (χ2v) is 8.20. The number of hydrogen-bond acceptors (Lipinski definition) is 7. The molecule has 0 bridgehead atoms. The third kappa shape index (κ3) is 3.65. The molecular weight excluding hydrogens is 410 g/mol. The Morgan fingerprint density at radius 1 is 1.03 bits per heavy atom. The molecule has 162 valence electrons. The number of rotatable bonds is 5. The third-order valence-corrected chi connectivity index (χ3v) is 6.69. The lowest BCUT2D eigenvalue weighted by atomic mass is 10.0. The van der Waals surface area contributed by atoms with Gasteiger partial charge in [-0.15, -0.1) is 11.8 Å². The van der Waals surface area contributed by atoms with Crippen LogP contribution in [0.2, 0.25) is 0 Å². The molecule has 0 radical (unpaired) electrons. The normalized spacial score (nSPS) is 19.6. The van der Waals surface area contributed by atoms with Crippen molar-refractivity contribution in [1.82, 2.24) is 9.78 Å². The fourth-order valence-electron chi connectivity index (χ4n) is 3.96. The van der Waals surface area contributed by atoms with Crippen LogP contribution >= 0.6 is 11.8 Å². The van der Waals surface area contributed by atoms with Crippen LogP contribution in [0.15, 0.2) is 16.9 Å². The number of anilines is 1. The lowest BCUT2D eigenvalue weighted by Crippen LogP contribution is -2.24. The van der Waals surface area contributed by atoms with Gasteiger partial charge in [-0.3, -0.25) is 19.4 Å². The highest BCUT2D eigenvalue weighted by molar-refractivity contribution is 8.00. The minimum absolute atomic E-state index is 0.0616. The van der Waals surface area contributed by atoms with Gasteiger partial charge in [0, 0.05) is 24.8 Å². The Morgan fingerprint density at radius 3 is 2.37 bits per heavy atom. The highest BCUT2D eigenvalue weighted by atomic mass is 32.2. The molecule has 1 aromatic carbocycles. The fraction of sp³-hybridized carbons (Fsp3) is 0.500. The lowest BCUT2D eigenvalue weighted by Gasteiger charge is -2.25. The summed E-state index contributed by atoms with van der Waals surface area (Å²) in [6.07, 6.45) is 1.54. The molecule has 3 heterocycles. The van der Waals surface area contributed by atoms with Gasteiger partial charge in [0.05, 0.1) is 43.9 Å². The van der Waals surface area contributed by atoms with Crippen LogP contribution in [0.3, 0.4) is 0 Å². The van der Waals surface area contributed by atoms with Crippen LogP contribution in [-0.2, 0) is 9.53 Å². The van der Waals surface area contributed by atoms with Crippen molar-refractivity contribution >= 4 is 23.5 Å². The van der Waals surface area contributed by atoms with Gasteiger partial charge in [0.1, 0.15) is 11.6 Å². The molecule has 1 atom stereocenters. The number of aromatic amines is 1. The third-order valence-electron chi connectivity index (χ3n) is 5.44. The van der Waals surface area contributed by atoms with E-state index in [4.69, 9.17) is 18.9 Å². The van der Waals surface area contributed by atoms with E-state index in [9.17, 15) is 9.59 Å². The van der Waals surface area contributed by atoms with E-state index in [2.05, 4.69) is 10.4 Å². The molecule has 1 unspecified atom stereocenters. The number of hydrogen-bond donors (Lipinski definition) is 2. The number of nitrogens with zero attached hydrogens (tertiary/aromatic N) is 1. The molecule has 1 aromatic heterocycles. The highest BCUT2D eigenvalue weighted by Crippen LogP contribution is 2.47. The zero-order valence-corrected chi connectivity index (χ0v) is 18.0. The van der Waals surface area contributed by atoms with Crippen LogP contribution in [0.5, 0.6) is 17.2 Å². The van der Waals surface area contributed by atoms with E-state index in [0.29, 0.717) is 41.8 Å². The highest BCUT2D eigenvalue weighted by Gasteiger charge is 2.34. The van der Waals surface area contributed by atoms with Gasteiger partial charge in [0.25, 0.3) is 5.56 Å². The Balaban J connectivity index is 1.87. The quantitative estimate of drug-likeness (QED) is 0.743. The Labute approximate surface area is 178 Å². The number of aromatic nitrogens is 2. The Kier molecular flexibility index (Phi) is 5.96. The topological polar surface area (TPSA) is 104 Å². The monoisotopic (exact) mass is 435 g/mol. The van der Waals surface area contributed by atoms with Gasteiger partial charge < -0.3 is 24.3 Å². The molecule has 9 nitrogen and oxygen atoms in total. The first-order chi connectivity index (χ1) is 14.6.